The molecule has 0 atom stereocenters. The molecule has 3 aromatic rings. The van der Waals surface area contributed by atoms with Crippen molar-refractivity contribution in [2.45, 2.75) is 52.5 Å². The van der Waals surface area contributed by atoms with Crippen LogP contribution in [0.25, 0.3) is 22.3 Å². The molecule has 0 aromatic carbocycles. The number of aliphatic imine (C=N–C) groups is 1. The molecule has 34 heavy (non-hydrogen) atoms. The Kier molecular flexibility index (Phi) is 7.36. The van der Waals surface area contributed by atoms with Crippen LogP contribution < -0.4 is 15.2 Å². The fourth-order valence-corrected chi connectivity index (χ4v) is 4.67. The lowest BCUT2D eigenvalue weighted by atomic mass is 9.97. The van der Waals surface area contributed by atoms with Gasteiger partial charge in [-0.05, 0) is 63.7 Å². The predicted molar refractivity (Wildman–Crippen MR) is 137 cm³/mol. The van der Waals surface area contributed by atoms with E-state index in [-0.39, 0.29) is 5.92 Å². The van der Waals surface area contributed by atoms with Crippen LogP contribution in [0.3, 0.4) is 0 Å². The van der Waals surface area contributed by atoms with Crippen molar-refractivity contribution in [2.24, 2.45) is 16.6 Å². The number of fused-ring (bicyclic) bond motifs is 1. The quantitative estimate of drug-likeness (QED) is 0.364. The highest BCUT2D eigenvalue weighted by molar-refractivity contribution is 5.89. The summed E-state index contributed by atoms with van der Waals surface area (Å²) >= 11 is 0. The Bertz CT molecular complexity index is 1150. The predicted octanol–water partition coefficient (Wildman–Crippen LogP) is 4.87. The molecule has 0 spiro atoms. The summed E-state index contributed by atoms with van der Waals surface area (Å²) in [6, 6.07) is 6.54. The Labute approximate surface area is 201 Å². The van der Waals surface area contributed by atoms with Crippen LogP contribution in [0.2, 0.25) is 0 Å². The van der Waals surface area contributed by atoms with Gasteiger partial charge in [-0.25, -0.2) is 15.0 Å². The number of H-pyrrole nitrogens is 1. The third-order valence-electron chi connectivity index (χ3n) is 6.62. The number of methoxy groups -OCH3 is 1. The normalized spacial score (nSPS) is 15.7. The van der Waals surface area contributed by atoms with Crippen LogP contribution in [-0.4, -0.2) is 59.0 Å². The molecule has 0 unspecified atom stereocenters. The van der Waals surface area contributed by atoms with E-state index in [0.29, 0.717) is 36.0 Å². The molecule has 0 bridgehead atoms. The number of nitrogens with zero attached hydrogens (tertiary/aromatic N) is 4. The van der Waals surface area contributed by atoms with Gasteiger partial charge in [0.1, 0.15) is 0 Å². The second-order valence-electron chi connectivity index (χ2n) is 9.53. The van der Waals surface area contributed by atoms with E-state index in [2.05, 4.69) is 47.6 Å². The second-order valence-corrected chi connectivity index (χ2v) is 9.53. The maximum absolute atomic E-state index is 6.17. The first kappa shape index (κ1) is 24.0. The third kappa shape index (κ3) is 5.01. The number of rotatable bonds is 8. The number of nitrogens with two attached hydrogens (primary N) is 1. The first-order valence-corrected chi connectivity index (χ1v) is 12.1. The summed E-state index contributed by atoms with van der Waals surface area (Å²) in [6.45, 7) is 11.9. The van der Waals surface area contributed by atoms with Crippen LogP contribution in [0.5, 0.6) is 11.6 Å². The van der Waals surface area contributed by atoms with Gasteiger partial charge < -0.3 is 25.1 Å². The van der Waals surface area contributed by atoms with Gasteiger partial charge in [0, 0.05) is 29.4 Å². The van der Waals surface area contributed by atoms with E-state index in [1.54, 1.807) is 13.3 Å². The molecule has 0 radical (unpaired) electrons. The summed E-state index contributed by atoms with van der Waals surface area (Å²) in [7, 11) is 1.60. The summed E-state index contributed by atoms with van der Waals surface area (Å²) in [4.78, 5) is 19.5. The molecule has 0 amide bonds. The van der Waals surface area contributed by atoms with Crippen LogP contribution in [0.1, 0.15) is 52.0 Å². The smallest absolute Gasteiger partial charge is 0.213 e. The number of pyridine rings is 2. The highest BCUT2D eigenvalue weighted by Crippen LogP contribution is 2.38. The molecular formula is C26H36N6O2. The number of aromatic nitrogens is 3. The van der Waals surface area contributed by atoms with Crippen molar-refractivity contribution in [1.82, 2.24) is 19.9 Å². The van der Waals surface area contributed by atoms with E-state index in [4.69, 9.17) is 20.2 Å². The van der Waals surface area contributed by atoms with Gasteiger partial charge >= 0.3 is 0 Å². The molecule has 0 saturated carbocycles. The lowest BCUT2D eigenvalue weighted by molar-refractivity contribution is 0.117. The van der Waals surface area contributed by atoms with Gasteiger partial charge in [-0.1, -0.05) is 13.8 Å². The van der Waals surface area contributed by atoms with Gasteiger partial charge in [0.15, 0.2) is 11.6 Å². The van der Waals surface area contributed by atoms with Gasteiger partial charge in [0.25, 0.3) is 0 Å². The first-order chi connectivity index (χ1) is 16.4. The number of nitrogens with one attached hydrogen (secondary N) is 1. The van der Waals surface area contributed by atoms with Gasteiger partial charge in [-0.3, -0.25) is 0 Å². The molecule has 1 aliphatic heterocycles. The molecule has 3 N–H and O–H groups in total. The fraction of sp³-hybridized carbons (Fsp3) is 0.500. The largest absolute Gasteiger partial charge is 0.493 e. The summed E-state index contributed by atoms with van der Waals surface area (Å²) in [5.41, 5.74) is 10.4. The van der Waals surface area contributed by atoms with Crippen LogP contribution >= 0.6 is 0 Å². The molecule has 3 aromatic heterocycles. The fourth-order valence-electron chi connectivity index (χ4n) is 4.67. The van der Waals surface area contributed by atoms with E-state index in [1.807, 2.05) is 18.2 Å². The average Bonchev–Trinajstić information content (AvgIpc) is 3.22. The van der Waals surface area contributed by atoms with Gasteiger partial charge in [-0.2, -0.15) is 0 Å². The highest BCUT2D eigenvalue weighted by Gasteiger charge is 2.22. The Morgan fingerprint density at radius 2 is 2.00 bits per heavy atom. The van der Waals surface area contributed by atoms with Crippen molar-refractivity contribution < 1.29 is 9.47 Å². The second kappa shape index (κ2) is 10.4. The van der Waals surface area contributed by atoms with Crippen LogP contribution in [-0.2, 0) is 0 Å². The lowest BCUT2D eigenvalue weighted by Crippen LogP contribution is -2.39. The molecule has 1 saturated heterocycles. The third-order valence-corrected chi connectivity index (χ3v) is 6.62. The maximum Gasteiger partial charge on any atom is 0.213 e. The molecule has 0 aliphatic carbocycles. The number of hydrogen-bond donors (Lipinski definition) is 2. The summed E-state index contributed by atoms with van der Waals surface area (Å²) < 4.78 is 11.7. The van der Waals surface area contributed by atoms with Crippen LogP contribution in [0.4, 0.5) is 5.82 Å². The molecular weight excluding hydrogens is 428 g/mol. The molecule has 8 nitrogen and oxygen atoms in total. The van der Waals surface area contributed by atoms with Crippen molar-refractivity contribution in [3.63, 3.8) is 0 Å². The number of piperidine rings is 1. The molecule has 4 heterocycles. The van der Waals surface area contributed by atoms with E-state index in [1.165, 1.54) is 19.2 Å². The minimum Gasteiger partial charge on any atom is -0.493 e. The maximum atomic E-state index is 6.17. The van der Waals surface area contributed by atoms with E-state index in [0.717, 1.165) is 40.9 Å². The van der Waals surface area contributed by atoms with Crippen molar-refractivity contribution in [2.75, 3.05) is 26.8 Å². The Hall–Kier alpha value is -3.13. The highest BCUT2D eigenvalue weighted by atomic mass is 16.5. The number of likely N-dealkylation sites (tertiary alicyclic amines) is 1. The number of ether oxygens (including phenoxy) is 2. The first-order valence-electron chi connectivity index (χ1n) is 12.1. The van der Waals surface area contributed by atoms with E-state index >= 15 is 0 Å². The molecule has 1 fully saturated rings. The van der Waals surface area contributed by atoms with Crippen LogP contribution in [0, 0.1) is 5.92 Å². The molecule has 8 heteroatoms. The van der Waals surface area contributed by atoms with Crippen molar-refractivity contribution >= 4 is 23.2 Å². The number of aromatic amines is 1. The zero-order valence-electron chi connectivity index (χ0n) is 20.8. The average molecular weight is 465 g/mol. The topological polar surface area (TPSA) is 102 Å². The van der Waals surface area contributed by atoms with Crippen molar-refractivity contribution in [3.05, 3.63) is 30.0 Å². The van der Waals surface area contributed by atoms with Gasteiger partial charge in [0.05, 0.1) is 36.8 Å². The van der Waals surface area contributed by atoms with E-state index < -0.39 is 0 Å². The Morgan fingerprint density at radius 3 is 2.65 bits per heavy atom. The SMILES string of the molecule is COc1cc(-c2[nH]c3ccc(OCC4CCN(C(C)C)CC4)nc3c2C(C)C)cnc1/N=C/N. The molecule has 1 aliphatic rings. The Balaban J connectivity index is 1.58. The minimum atomic E-state index is 0.250. The summed E-state index contributed by atoms with van der Waals surface area (Å²) in [5.74, 6) is 2.51. The summed E-state index contributed by atoms with van der Waals surface area (Å²) in [6.07, 6.45) is 5.34. The molecule has 182 valence electrons. The zero-order chi connectivity index (χ0) is 24.2. The minimum absolute atomic E-state index is 0.250. The summed E-state index contributed by atoms with van der Waals surface area (Å²) in [5, 5.41) is 0. The van der Waals surface area contributed by atoms with E-state index in [9.17, 15) is 0 Å². The van der Waals surface area contributed by atoms with Crippen molar-refractivity contribution in [3.8, 4) is 22.9 Å². The lowest BCUT2D eigenvalue weighted by Gasteiger charge is -2.34. The van der Waals surface area contributed by atoms with Gasteiger partial charge in [0.2, 0.25) is 5.88 Å². The number of hydrogen-bond acceptors (Lipinski definition) is 6. The zero-order valence-corrected chi connectivity index (χ0v) is 20.8. The standard InChI is InChI=1S/C26H36N6O2/c1-16(2)23-24(19-12-21(33-5)26(28-13-19)29-15-27)30-20-6-7-22(31-25(20)23)34-14-18-8-10-32(11-9-18)17(3)4/h6-7,12-13,15-18,30H,8-11,14H2,1-5H3,(H2,27,28,29). The Morgan fingerprint density at radius 1 is 1.24 bits per heavy atom. The monoisotopic (exact) mass is 464 g/mol. The van der Waals surface area contributed by atoms with Crippen LogP contribution in [0.15, 0.2) is 29.4 Å². The van der Waals surface area contributed by atoms with Gasteiger partial charge in [-0.15, -0.1) is 0 Å². The molecule has 4 rings (SSSR count). The van der Waals surface area contributed by atoms with Crippen molar-refractivity contribution in [1.29, 1.82) is 0 Å².